The molecule has 1 heterocycles. The number of hydrogen-bond donors (Lipinski definition) is 2. The Morgan fingerprint density at radius 3 is 2.50 bits per heavy atom. The van der Waals surface area contributed by atoms with Crippen LogP contribution in [-0.2, 0) is 15.2 Å². The smallest absolute Gasteiger partial charge is 0.374 e. The van der Waals surface area contributed by atoms with Gasteiger partial charge in [0.15, 0.2) is 0 Å². The number of halogens is 5. The van der Waals surface area contributed by atoms with Gasteiger partial charge in [-0.1, -0.05) is 34.4 Å². The summed E-state index contributed by atoms with van der Waals surface area (Å²) >= 11 is 15.9. The third-order valence-electron chi connectivity index (χ3n) is 4.94. The van der Waals surface area contributed by atoms with Crippen molar-refractivity contribution in [2.45, 2.75) is 36.9 Å². The molecule has 2 unspecified atom stereocenters. The molecule has 1 N–H and O–H groups in total. The van der Waals surface area contributed by atoms with E-state index in [4.69, 9.17) is 28.0 Å². The van der Waals surface area contributed by atoms with Gasteiger partial charge >= 0.3 is 6.18 Å². The fraction of sp³-hybridized carbons (Fsp3) is 0.286. The largest absolute Gasteiger partial charge is 0.435 e. The van der Waals surface area contributed by atoms with E-state index in [-0.39, 0.29) is 27.7 Å². The van der Waals surface area contributed by atoms with Gasteiger partial charge in [-0.05, 0) is 48.4 Å². The van der Waals surface area contributed by atoms with Crippen LogP contribution in [0.1, 0.15) is 39.9 Å². The number of aldehydes is 1. The fourth-order valence-corrected chi connectivity index (χ4v) is 4.05. The first-order chi connectivity index (χ1) is 15.0. The Balaban J connectivity index is 1.89. The van der Waals surface area contributed by atoms with Crippen molar-refractivity contribution in [3.8, 4) is 0 Å². The van der Waals surface area contributed by atoms with Gasteiger partial charge in [0.1, 0.15) is 6.29 Å². The van der Waals surface area contributed by atoms with Gasteiger partial charge in [0.2, 0.25) is 0 Å². The van der Waals surface area contributed by atoms with E-state index in [0.29, 0.717) is 23.0 Å². The minimum atomic E-state index is -4.80. The molecule has 5 nitrogen and oxygen atoms in total. The number of nitrogens with zero attached hydrogens (tertiary/aromatic N) is 1. The van der Waals surface area contributed by atoms with E-state index in [9.17, 15) is 22.8 Å². The first kappa shape index (κ1) is 24.4. The van der Waals surface area contributed by atoms with Gasteiger partial charge in [-0.3, -0.25) is 4.79 Å². The molecule has 0 saturated carbocycles. The molecule has 170 valence electrons. The van der Waals surface area contributed by atoms with Crippen LogP contribution in [0.25, 0.3) is 0 Å². The first-order valence-corrected chi connectivity index (χ1v) is 10.6. The summed E-state index contributed by atoms with van der Waals surface area (Å²) in [7, 11) is 0. The van der Waals surface area contributed by atoms with E-state index in [1.807, 2.05) is 0 Å². The van der Waals surface area contributed by atoms with Gasteiger partial charge in [-0.25, -0.2) is 0 Å². The summed E-state index contributed by atoms with van der Waals surface area (Å²) in [6.07, 6.45) is -4.74. The molecule has 3 rings (SSSR count). The zero-order valence-corrected chi connectivity index (χ0v) is 18.9. The second kappa shape index (κ2) is 9.33. The predicted octanol–water partition coefficient (Wildman–Crippen LogP) is 5.46. The van der Waals surface area contributed by atoms with Gasteiger partial charge in [-0.2, -0.15) is 25.8 Å². The number of hydrogen-bond acceptors (Lipinski definition) is 5. The average molecular weight is 505 g/mol. The van der Waals surface area contributed by atoms with Gasteiger partial charge in [0, 0.05) is 34.0 Å². The number of carbonyl (C=O) groups excluding carboxylic acids is 2. The van der Waals surface area contributed by atoms with Crippen LogP contribution < -0.4 is 5.32 Å². The Morgan fingerprint density at radius 2 is 1.94 bits per heavy atom. The van der Waals surface area contributed by atoms with Crippen LogP contribution in [-0.4, -0.2) is 29.5 Å². The summed E-state index contributed by atoms with van der Waals surface area (Å²) < 4.78 is 42.4. The lowest BCUT2D eigenvalue weighted by Gasteiger charge is -2.29. The average Bonchev–Trinajstić information content (AvgIpc) is 3.14. The third-order valence-corrected chi connectivity index (χ3v) is 5.71. The number of thiol groups is 1. The van der Waals surface area contributed by atoms with Crippen molar-refractivity contribution >= 4 is 53.7 Å². The Labute approximate surface area is 197 Å². The highest BCUT2D eigenvalue weighted by Gasteiger charge is 2.62. The zero-order valence-electron chi connectivity index (χ0n) is 16.5. The van der Waals surface area contributed by atoms with Crippen molar-refractivity contribution in [2.24, 2.45) is 5.16 Å². The van der Waals surface area contributed by atoms with Crippen LogP contribution in [0.2, 0.25) is 10.0 Å². The number of benzene rings is 2. The van der Waals surface area contributed by atoms with Gasteiger partial charge in [0.05, 0.1) is 11.1 Å². The van der Waals surface area contributed by atoms with Crippen LogP contribution in [0.15, 0.2) is 41.6 Å². The number of amides is 1. The zero-order chi connectivity index (χ0) is 23.7. The molecule has 0 aliphatic carbocycles. The quantitative estimate of drug-likeness (QED) is 0.312. The normalized spacial score (nSPS) is 19.2. The SMILES string of the molecule is Cc1cc(C2=NOC(c3cc(Cl)cc(Cl)c3)(C(F)(F)F)C2)ccc1C(=O)NC(S)CC=O. The topological polar surface area (TPSA) is 67.8 Å². The van der Waals surface area contributed by atoms with Crippen molar-refractivity contribution in [1.29, 1.82) is 0 Å². The molecule has 0 fully saturated rings. The standard InChI is InChI=1S/C21H17Cl2F3N2O3S/c1-11-6-12(2-3-16(11)19(30)27-18(32)4-5-29)17-10-20(31-28-17,21(24,25)26)13-7-14(22)9-15(23)8-13/h2-3,5-9,18,32H,4,10H2,1H3,(H,27,30). The third kappa shape index (κ3) is 4.89. The highest BCUT2D eigenvalue weighted by molar-refractivity contribution is 7.80. The van der Waals surface area contributed by atoms with E-state index < -0.39 is 29.5 Å². The lowest BCUT2D eigenvalue weighted by atomic mass is 9.86. The minimum Gasteiger partial charge on any atom is -0.374 e. The van der Waals surface area contributed by atoms with E-state index in [2.05, 4.69) is 23.1 Å². The Morgan fingerprint density at radius 1 is 1.28 bits per heavy atom. The Kier molecular flexibility index (Phi) is 7.12. The predicted molar refractivity (Wildman–Crippen MR) is 119 cm³/mol. The number of aryl methyl sites for hydroxylation is 1. The minimum absolute atomic E-state index is 0.0349. The molecular formula is C21H17Cl2F3N2O3S. The number of nitrogens with one attached hydrogen (secondary N) is 1. The molecule has 0 bridgehead atoms. The van der Waals surface area contributed by atoms with Crippen molar-refractivity contribution < 1.29 is 27.6 Å². The summed E-state index contributed by atoms with van der Waals surface area (Å²) in [4.78, 5) is 27.9. The molecule has 1 aliphatic rings. The van der Waals surface area contributed by atoms with Crippen LogP contribution >= 0.6 is 35.8 Å². The maximum atomic E-state index is 14.1. The molecule has 2 atom stereocenters. The highest BCUT2D eigenvalue weighted by Crippen LogP contribution is 2.49. The molecule has 1 amide bonds. The van der Waals surface area contributed by atoms with Crippen LogP contribution in [0, 0.1) is 6.92 Å². The molecule has 11 heteroatoms. The molecule has 0 radical (unpaired) electrons. The van der Waals surface area contributed by atoms with Crippen molar-refractivity contribution in [3.63, 3.8) is 0 Å². The molecule has 2 aromatic rings. The van der Waals surface area contributed by atoms with Gasteiger partial charge in [-0.15, -0.1) is 0 Å². The highest BCUT2D eigenvalue weighted by atomic mass is 35.5. The lowest BCUT2D eigenvalue weighted by molar-refractivity contribution is -0.275. The van der Waals surface area contributed by atoms with Gasteiger partial charge in [0.25, 0.3) is 11.5 Å². The molecular weight excluding hydrogens is 488 g/mol. The number of alkyl halides is 3. The summed E-state index contributed by atoms with van der Waals surface area (Å²) in [6.45, 7) is 1.63. The molecule has 0 aromatic heterocycles. The van der Waals surface area contributed by atoms with Crippen molar-refractivity contribution in [2.75, 3.05) is 0 Å². The summed E-state index contributed by atoms with van der Waals surface area (Å²) in [5.41, 5.74) is -1.78. The monoisotopic (exact) mass is 504 g/mol. The molecule has 2 aromatic carbocycles. The first-order valence-electron chi connectivity index (χ1n) is 9.29. The summed E-state index contributed by atoms with van der Waals surface area (Å²) in [6, 6.07) is 8.10. The Hall–Kier alpha value is -2.23. The molecule has 0 saturated heterocycles. The number of carbonyl (C=O) groups is 2. The van der Waals surface area contributed by atoms with Crippen LogP contribution in [0.5, 0.6) is 0 Å². The van der Waals surface area contributed by atoms with E-state index in [1.165, 1.54) is 18.2 Å². The molecule has 1 aliphatic heterocycles. The molecule has 0 spiro atoms. The Bertz CT molecular complexity index is 1070. The maximum Gasteiger partial charge on any atom is 0.435 e. The summed E-state index contributed by atoms with van der Waals surface area (Å²) in [5, 5.41) is 5.69. The second-order valence-corrected chi connectivity index (χ2v) is 8.71. The van der Waals surface area contributed by atoms with Gasteiger partial charge < -0.3 is 14.9 Å². The molecule has 32 heavy (non-hydrogen) atoms. The number of oxime groups is 1. The van der Waals surface area contributed by atoms with E-state index in [1.54, 1.807) is 13.0 Å². The second-order valence-electron chi connectivity index (χ2n) is 7.21. The number of rotatable bonds is 6. The van der Waals surface area contributed by atoms with Crippen molar-refractivity contribution in [3.05, 3.63) is 68.7 Å². The fourth-order valence-electron chi connectivity index (χ4n) is 3.32. The van der Waals surface area contributed by atoms with Crippen LogP contribution in [0.4, 0.5) is 13.2 Å². The maximum absolute atomic E-state index is 14.1. The van der Waals surface area contributed by atoms with E-state index in [0.717, 1.165) is 12.1 Å². The van der Waals surface area contributed by atoms with Crippen molar-refractivity contribution in [1.82, 2.24) is 5.32 Å². The summed E-state index contributed by atoms with van der Waals surface area (Å²) in [5.74, 6) is -0.460. The lowest BCUT2D eigenvalue weighted by Crippen LogP contribution is -2.42. The van der Waals surface area contributed by atoms with Crippen LogP contribution in [0.3, 0.4) is 0 Å². The van der Waals surface area contributed by atoms with E-state index >= 15 is 0 Å².